The van der Waals surface area contributed by atoms with Gasteiger partial charge in [-0.25, -0.2) is 13.8 Å². The molecule has 4 aromatic rings. The first-order valence-electron chi connectivity index (χ1n) is 14.0. The third-order valence-electron chi connectivity index (χ3n) is 7.34. The molecule has 3 heterocycles. The number of benzene rings is 2. The lowest BCUT2D eigenvalue weighted by Gasteiger charge is -2.28. The van der Waals surface area contributed by atoms with Crippen LogP contribution in [0.3, 0.4) is 0 Å². The predicted molar refractivity (Wildman–Crippen MR) is 158 cm³/mol. The van der Waals surface area contributed by atoms with E-state index in [4.69, 9.17) is 19.2 Å². The van der Waals surface area contributed by atoms with E-state index in [2.05, 4.69) is 20.8 Å². The second kappa shape index (κ2) is 11.8. The van der Waals surface area contributed by atoms with Gasteiger partial charge in [0.2, 0.25) is 0 Å². The molecule has 0 aliphatic carbocycles. The van der Waals surface area contributed by atoms with E-state index in [1.807, 2.05) is 48.2 Å². The van der Waals surface area contributed by atoms with E-state index in [0.717, 1.165) is 16.7 Å². The van der Waals surface area contributed by atoms with Gasteiger partial charge in [0.15, 0.2) is 34.9 Å². The summed E-state index contributed by atoms with van der Waals surface area (Å²) in [5.74, 6) is -0.570. The van der Waals surface area contributed by atoms with Crippen molar-refractivity contribution in [2.75, 3.05) is 13.7 Å². The van der Waals surface area contributed by atoms with E-state index < -0.39 is 17.6 Å². The first kappa shape index (κ1) is 29.0. The summed E-state index contributed by atoms with van der Waals surface area (Å²) in [5.41, 5.74) is 2.28. The van der Waals surface area contributed by atoms with Gasteiger partial charge in [-0.1, -0.05) is 42.5 Å². The number of pyridine rings is 2. The molecular formula is C33H35FN3O5+. The second-order valence-electron chi connectivity index (χ2n) is 11.3. The molecule has 1 aliphatic rings. The minimum atomic E-state index is -0.770. The molecule has 0 bridgehead atoms. The molecule has 5 rings (SSSR count). The molecule has 218 valence electrons. The molecule has 8 nitrogen and oxygen atoms in total. The number of halogens is 1. The zero-order valence-electron chi connectivity index (χ0n) is 24.5. The van der Waals surface area contributed by atoms with E-state index >= 15 is 0 Å². The molecule has 0 amide bonds. The molecule has 0 N–H and O–H groups in total. The molecule has 1 atom stereocenters. The number of esters is 1. The smallest absolute Gasteiger partial charge is 0.347 e. The van der Waals surface area contributed by atoms with E-state index in [0.29, 0.717) is 23.2 Å². The van der Waals surface area contributed by atoms with E-state index in [1.165, 1.54) is 16.7 Å². The monoisotopic (exact) mass is 572 g/mol. The average molecular weight is 573 g/mol. The van der Waals surface area contributed by atoms with Gasteiger partial charge in [-0.2, -0.15) is 0 Å². The number of ether oxygens (including phenoxy) is 3. The van der Waals surface area contributed by atoms with E-state index in [9.17, 15) is 14.0 Å². The van der Waals surface area contributed by atoms with Crippen LogP contribution in [0, 0.1) is 5.82 Å². The third-order valence-corrected chi connectivity index (χ3v) is 7.34. The van der Waals surface area contributed by atoms with Crippen LogP contribution in [0.15, 0.2) is 65.6 Å². The van der Waals surface area contributed by atoms with Crippen LogP contribution >= 0.6 is 0 Å². The fourth-order valence-electron chi connectivity index (χ4n) is 4.82. The van der Waals surface area contributed by atoms with Crippen molar-refractivity contribution in [3.8, 4) is 11.5 Å². The Morgan fingerprint density at radius 2 is 1.86 bits per heavy atom. The minimum absolute atomic E-state index is 0.0565. The Morgan fingerprint density at radius 3 is 2.52 bits per heavy atom. The van der Waals surface area contributed by atoms with Gasteiger partial charge in [0.05, 0.1) is 13.2 Å². The van der Waals surface area contributed by atoms with Gasteiger partial charge in [0, 0.05) is 18.2 Å². The molecule has 0 saturated heterocycles. The lowest BCUT2D eigenvalue weighted by molar-refractivity contribution is -0.568. The van der Waals surface area contributed by atoms with Gasteiger partial charge in [-0.05, 0) is 51.0 Å². The number of aromatic nitrogens is 2. The lowest BCUT2D eigenvalue weighted by Crippen LogP contribution is -2.42. The van der Waals surface area contributed by atoms with Crippen LogP contribution in [0.1, 0.15) is 54.7 Å². The summed E-state index contributed by atoms with van der Waals surface area (Å²) in [4.78, 5) is 32.0. The van der Waals surface area contributed by atoms with Crippen LogP contribution in [0.4, 0.5) is 4.39 Å². The number of hydrogen-bond acceptors (Lipinski definition) is 6. The van der Waals surface area contributed by atoms with Gasteiger partial charge < -0.3 is 14.2 Å². The Hall–Kier alpha value is -4.53. The van der Waals surface area contributed by atoms with E-state index in [-0.39, 0.29) is 42.4 Å². The topological polar surface area (TPSA) is 82.7 Å². The predicted octanol–water partition coefficient (Wildman–Crippen LogP) is 5.15. The summed E-state index contributed by atoms with van der Waals surface area (Å²) in [6, 6.07) is 15.7. The Bertz CT molecular complexity index is 1710. The highest BCUT2D eigenvalue weighted by Crippen LogP contribution is 2.38. The van der Waals surface area contributed by atoms with Gasteiger partial charge in [0.25, 0.3) is 5.56 Å². The fraction of sp³-hybridized carbons (Fsp3) is 0.333. The summed E-state index contributed by atoms with van der Waals surface area (Å²) in [5, 5.41) is 0. The molecule has 2 aromatic heterocycles. The summed E-state index contributed by atoms with van der Waals surface area (Å²) >= 11 is 0. The summed E-state index contributed by atoms with van der Waals surface area (Å²) in [6.07, 6.45) is 3.49. The molecular weight excluding hydrogens is 537 g/mol. The number of rotatable bonds is 8. The molecule has 0 spiro atoms. The second-order valence-corrected chi connectivity index (χ2v) is 11.3. The Kier molecular flexibility index (Phi) is 8.11. The zero-order valence-corrected chi connectivity index (χ0v) is 24.5. The van der Waals surface area contributed by atoms with Gasteiger partial charge >= 0.3 is 5.97 Å². The standard InChI is InChI=1S/C33H35FN3O5/c1-6-40-32(39)26-30(41-20-22-10-8-7-9-11-22)27-28-29(23(17-35-27)16-21-12-14-24(34)15-13-21)42-25(19-37(28)31(26)38)18-36(5)33(2,3)4/h7-15,17-18,25H,6,16,19-20H2,1-5H3/q+1. The van der Waals surface area contributed by atoms with Crippen molar-refractivity contribution in [2.24, 2.45) is 0 Å². The van der Waals surface area contributed by atoms with Crippen LogP contribution in [-0.4, -0.2) is 51.6 Å². The van der Waals surface area contributed by atoms with E-state index in [1.54, 1.807) is 25.3 Å². The lowest BCUT2D eigenvalue weighted by atomic mass is 10.0. The van der Waals surface area contributed by atoms with Gasteiger partial charge in [-0.15, -0.1) is 0 Å². The molecule has 0 fully saturated rings. The highest BCUT2D eigenvalue weighted by atomic mass is 19.1. The maximum absolute atomic E-state index is 14.1. The SMILES string of the molecule is CCOC(=O)c1c(OCc2ccccc2)c2ncc(Cc3ccc(F)cc3)c3c2n(c1=O)CC(C=[N+](C)C(C)(C)C)O3. The normalized spacial score (nSPS) is 14.9. The molecule has 42 heavy (non-hydrogen) atoms. The maximum Gasteiger partial charge on any atom is 0.347 e. The van der Waals surface area contributed by atoms with Crippen molar-refractivity contribution >= 4 is 23.2 Å². The van der Waals surface area contributed by atoms with Crippen molar-refractivity contribution in [1.82, 2.24) is 9.55 Å². The summed E-state index contributed by atoms with van der Waals surface area (Å²) < 4.78 is 35.3. The van der Waals surface area contributed by atoms with Crippen LogP contribution in [-0.2, 0) is 24.3 Å². The molecule has 2 aromatic carbocycles. The minimum Gasteiger partial charge on any atom is -0.485 e. The number of carbonyl (C=O) groups excluding carboxylic acids is 1. The fourth-order valence-corrected chi connectivity index (χ4v) is 4.82. The number of carbonyl (C=O) groups is 1. The van der Waals surface area contributed by atoms with Crippen molar-refractivity contribution in [3.63, 3.8) is 0 Å². The zero-order chi connectivity index (χ0) is 30.0. The molecule has 0 radical (unpaired) electrons. The quantitative estimate of drug-likeness (QED) is 0.165. The molecule has 0 saturated carbocycles. The first-order chi connectivity index (χ1) is 20.1. The maximum atomic E-state index is 14.1. The van der Waals surface area contributed by atoms with Gasteiger partial charge in [-0.3, -0.25) is 14.3 Å². The van der Waals surface area contributed by atoms with Crippen molar-refractivity contribution in [2.45, 2.75) is 58.9 Å². The molecule has 9 heteroatoms. The van der Waals surface area contributed by atoms with Gasteiger partial charge in [0.1, 0.15) is 30.5 Å². The first-order valence-corrected chi connectivity index (χ1v) is 14.0. The van der Waals surface area contributed by atoms with Crippen molar-refractivity contribution in [3.05, 3.63) is 99.2 Å². The Morgan fingerprint density at radius 1 is 1.14 bits per heavy atom. The highest BCUT2D eigenvalue weighted by molar-refractivity contribution is 6.00. The Labute approximate surface area is 244 Å². The summed E-state index contributed by atoms with van der Waals surface area (Å²) in [6.45, 7) is 8.29. The molecule has 1 unspecified atom stereocenters. The summed E-state index contributed by atoms with van der Waals surface area (Å²) in [7, 11) is 1.95. The highest BCUT2D eigenvalue weighted by Gasteiger charge is 2.34. The van der Waals surface area contributed by atoms with Crippen LogP contribution < -0.4 is 15.0 Å². The van der Waals surface area contributed by atoms with Crippen LogP contribution in [0.25, 0.3) is 11.0 Å². The van der Waals surface area contributed by atoms with Crippen molar-refractivity contribution in [1.29, 1.82) is 0 Å². The van der Waals surface area contributed by atoms with Crippen molar-refractivity contribution < 1.29 is 28.0 Å². The largest absolute Gasteiger partial charge is 0.485 e. The van der Waals surface area contributed by atoms with Crippen LogP contribution in [0.2, 0.25) is 0 Å². The molecule has 1 aliphatic heterocycles. The third kappa shape index (κ3) is 5.91. The number of hydrogen-bond donors (Lipinski definition) is 0. The van der Waals surface area contributed by atoms with Crippen LogP contribution in [0.5, 0.6) is 11.5 Å². The number of nitrogens with zero attached hydrogens (tertiary/aromatic N) is 3. The average Bonchev–Trinajstić information content (AvgIpc) is 2.96. The Balaban J connectivity index is 1.72.